The molecule has 0 unspecified atom stereocenters. The lowest BCUT2D eigenvalue weighted by atomic mass is 10.1. The minimum atomic E-state index is -3.68. The van der Waals surface area contributed by atoms with Crippen molar-refractivity contribution in [2.45, 2.75) is 30.5 Å². The van der Waals surface area contributed by atoms with E-state index in [-0.39, 0.29) is 4.21 Å². The van der Waals surface area contributed by atoms with Gasteiger partial charge in [-0.25, -0.2) is 8.42 Å². The molecule has 5 nitrogen and oxygen atoms in total. The van der Waals surface area contributed by atoms with Crippen LogP contribution in [-0.2, 0) is 19.6 Å². The largest absolute Gasteiger partial charge is 0.468 e. The van der Waals surface area contributed by atoms with E-state index in [0.717, 1.165) is 16.2 Å². The summed E-state index contributed by atoms with van der Waals surface area (Å²) >= 11 is 1.15. The minimum absolute atomic E-state index is 0.187. The molecule has 0 aromatic carbocycles. The summed E-state index contributed by atoms with van der Waals surface area (Å²) in [6.07, 6.45) is 0. The molecule has 0 fully saturated rings. The van der Waals surface area contributed by atoms with Crippen LogP contribution in [0.3, 0.4) is 0 Å². The summed E-state index contributed by atoms with van der Waals surface area (Å²) in [5, 5.41) is 0. The maximum atomic E-state index is 12.0. The average Bonchev–Trinajstić information content (AvgIpc) is 2.62. The van der Waals surface area contributed by atoms with Crippen LogP contribution in [0.4, 0.5) is 0 Å². The maximum Gasteiger partial charge on any atom is 0.326 e. The maximum absolute atomic E-state index is 12.0. The SMILES string of the molecule is COC(=O)C(C)(C)NS(=O)(=O)c1ccc(C)s1. The molecule has 17 heavy (non-hydrogen) atoms. The Hall–Kier alpha value is -0.920. The van der Waals surface area contributed by atoms with Gasteiger partial charge < -0.3 is 4.74 Å². The third kappa shape index (κ3) is 3.27. The van der Waals surface area contributed by atoms with Crippen LogP contribution in [0, 0.1) is 6.92 Å². The standard InChI is InChI=1S/C10H15NO4S2/c1-7-5-6-8(16-7)17(13,14)11-10(2,3)9(12)15-4/h5-6,11H,1-4H3. The fourth-order valence-electron chi connectivity index (χ4n) is 1.24. The summed E-state index contributed by atoms with van der Waals surface area (Å²) in [5.41, 5.74) is -1.29. The highest BCUT2D eigenvalue weighted by molar-refractivity contribution is 7.91. The Labute approximate surface area is 105 Å². The highest BCUT2D eigenvalue weighted by atomic mass is 32.2. The number of ether oxygens (including phenoxy) is 1. The lowest BCUT2D eigenvalue weighted by molar-refractivity contribution is -0.146. The fourth-order valence-corrected chi connectivity index (χ4v) is 3.89. The average molecular weight is 277 g/mol. The summed E-state index contributed by atoms with van der Waals surface area (Å²) in [4.78, 5) is 12.3. The number of methoxy groups -OCH3 is 1. The number of esters is 1. The Kier molecular flexibility index (Phi) is 3.95. The molecule has 0 aliphatic carbocycles. The molecule has 1 aromatic rings. The highest BCUT2D eigenvalue weighted by Gasteiger charge is 2.34. The normalized spacial score (nSPS) is 12.5. The van der Waals surface area contributed by atoms with Crippen LogP contribution in [0.1, 0.15) is 18.7 Å². The number of carbonyl (C=O) groups is 1. The van der Waals surface area contributed by atoms with Gasteiger partial charge in [0.2, 0.25) is 0 Å². The Morgan fingerprint density at radius 3 is 2.41 bits per heavy atom. The zero-order valence-corrected chi connectivity index (χ0v) is 11.7. The van der Waals surface area contributed by atoms with E-state index in [2.05, 4.69) is 9.46 Å². The molecule has 0 bridgehead atoms. The molecule has 96 valence electrons. The van der Waals surface area contributed by atoms with Crippen molar-refractivity contribution in [3.8, 4) is 0 Å². The lowest BCUT2D eigenvalue weighted by Gasteiger charge is -2.22. The number of nitrogens with one attached hydrogen (secondary N) is 1. The zero-order chi connectivity index (χ0) is 13.3. The molecule has 1 heterocycles. The van der Waals surface area contributed by atoms with Crippen LogP contribution >= 0.6 is 11.3 Å². The van der Waals surface area contributed by atoms with Gasteiger partial charge in [0, 0.05) is 4.88 Å². The second-order valence-electron chi connectivity index (χ2n) is 4.09. The quantitative estimate of drug-likeness (QED) is 0.842. The molecule has 1 aromatic heterocycles. The molecule has 7 heteroatoms. The first-order valence-electron chi connectivity index (χ1n) is 4.88. The summed E-state index contributed by atoms with van der Waals surface area (Å²) in [6.45, 7) is 4.73. The Morgan fingerprint density at radius 2 is 2.00 bits per heavy atom. The minimum Gasteiger partial charge on any atom is -0.468 e. The van der Waals surface area contributed by atoms with E-state index < -0.39 is 21.5 Å². The number of carbonyl (C=O) groups excluding carboxylic acids is 1. The van der Waals surface area contributed by atoms with E-state index in [1.54, 1.807) is 6.07 Å². The van der Waals surface area contributed by atoms with Crippen LogP contribution in [-0.4, -0.2) is 27.0 Å². The zero-order valence-electron chi connectivity index (χ0n) is 10.1. The van der Waals surface area contributed by atoms with E-state index in [4.69, 9.17) is 0 Å². The van der Waals surface area contributed by atoms with E-state index in [1.165, 1.54) is 27.0 Å². The van der Waals surface area contributed by atoms with Crippen molar-refractivity contribution in [1.82, 2.24) is 4.72 Å². The van der Waals surface area contributed by atoms with Crippen LogP contribution in [0.15, 0.2) is 16.3 Å². The number of aryl methyl sites for hydroxylation is 1. The molecule has 0 amide bonds. The molecular weight excluding hydrogens is 262 g/mol. The molecule has 0 atom stereocenters. The summed E-state index contributed by atoms with van der Waals surface area (Å²) < 4.78 is 31.0. The van der Waals surface area contributed by atoms with Crippen molar-refractivity contribution in [1.29, 1.82) is 0 Å². The van der Waals surface area contributed by atoms with Gasteiger partial charge in [-0.3, -0.25) is 4.79 Å². The van der Waals surface area contributed by atoms with Crippen molar-refractivity contribution >= 4 is 27.3 Å². The molecule has 0 aliphatic rings. The van der Waals surface area contributed by atoms with E-state index in [1.807, 2.05) is 6.92 Å². The van der Waals surface area contributed by atoms with Crippen molar-refractivity contribution < 1.29 is 17.9 Å². The van der Waals surface area contributed by atoms with Gasteiger partial charge in [0.1, 0.15) is 9.75 Å². The van der Waals surface area contributed by atoms with Gasteiger partial charge in [0.15, 0.2) is 0 Å². The van der Waals surface area contributed by atoms with Crippen LogP contribution in [0.5, 0.6) is 0 Å². The fraction of sp³-hybridized carbons (Fsp3) is 0.500. The highest BCUT2D eigenvalue weighted by Crippen LogP contribution is 2.22. The summed E-state index contributed by atoms with van der Waals surface area (Å²) in [5.74, 6) is -0.630. The van der Waals surface area contributed by atoms with E-state index in [9.17, 15) is 13.2 Å². The molecular formula is C10H15NO4S2. The van der Waals surface area contributed by atoms with Gasteiger partial charge in [-0.1, -0.05) is 0 Å². The second-order valence-corrected chi connectivity index (χ2v) is 7.28. The van der Waals surface area contributed by atoms with Crippen LogP contribution in [0.25, 0.3) is 0 Å². The monoisotopic (exact) mass is 277 g/mol. The Morgan fingerprint density at radius 1 is 1.41 bits per heavy atom. The van der Waals surface area contributed by atoms with Crippen LogP contribution in [0.2, 0.25) is 0 Å². The number of hydrogen-bond donors (Lipinski definition) is 1. The third-order valence-corrected chi connectivity index (χ3v) is 5.21. The van der Waals surface area contributed by atoms with Gasteiger partial charge >= 0.3 is 5.97 Å². The Bertz CT molecular complexity index is 516. The molecule has 0 saturated heterocycles. The van der Waals surface area contributed by atoms with Gasteiger partial charge in [-0.15, -0.1) is 11.3 Å². The van der Waals surface area contributed by atoms with Gasteiger partial charge in [-0.05, 0) is 32.9 Å². The van der Waals surface area contributed by atoms with Gasteiger partial charge in [0.05, 0.1) is 7.11 Å². The van der Waals surface area contributed by atoms with E-state index in [0.29, 0.717) is 0 Å². The molecule has 0 radical (unpaired) electrons. The number of thiophene rings is 1. The third-order valence-electron chi connectivity index (χ3n) is 2.07. The van der Waals surface area contributed by atoms with Crippen molar-refractivity contribution in [2.24, 2.45) is 0 Å². The van der Waals surface area contributed by atoms with Crippen molar-refractivity contribution in [3.05, 3.63) is 17.0 Å². The number of hydrogen-bond acceptors (Lipinski definition) is 5. The van der Waals surface area contributed by atoms with Crippen LogP contribution < -0.4 is 4.72 Å². The molecule has 0 saturated carbocycles. The predicted octanol–water partition coefficient (Wildman–Crippen LogP) is 1.29. The first-order chi connectivity index (χ1) is 7.69. The molecule has 1 N–H and O–H groups in total. The number of sulfonamides is 1. The topological polar surface area (TPSA) is 72.5 Å². The Balaban J connectivity index is 2.99. The first kappa shape index (κ1) is 14.1. The van der Waals surface area contributed by atoms with Crippen molar-refractivity contribution in [3.63, 3.8) is 0 Å². The van der Waals surface area contributed by atoms with E-state index >= 15 is 0 Å². The second kappa shape index (κ2) is 4.75. The summed E-state index contributed by atoms with van der Waals surface area (Å²) in [6, 6.07) is 3.22. The smallest absolute Gasteiger partial charge is 0.326 e. The predicted molar refractivity (Wildman–Crippen MR) is 65.5 cm³/mol. The lowest BCUT2D eigenvalue weighted by Crippen LogP contribution is -2.49. The molecule has 1 rings (SSSR count). The van der Waals surface area contributed by atoms with Gasteiger partial charge in [0.25, 0.3) is 10.0 Å². The summed E-state index contributed by atoms with van der Waals surface area (Å²) in [7, 11) is -2.47. The molecule has 0 spiro atoms. The first-order valence-corrected chi connectivity index (χ1v) is 7.18. The number of rotatable bonds is 4. The van der Waals surface area contributed by atoms with Gasteiger partial charge in [-0.2, -0.15) is 4.72 Å². The molecule has 0 aliphatic heterocycles. The van der Waals surface area contributed by atoms with Crippen molar-refractivity contribution in [2.75, 3.05) is 7.11 Å².